The van der Waals surface area contributed by atoms with Crippen LogP contribution in [0, 0.1) is 0 Å². The van der Waals surface area contributed by atoms with Gasteiger partial charge in [-0.1, -0.05) is 6.07 Å². The molecule has 108 valence electrons. The lowest BCUT2D eigenvalue weighted by atomic mass is 10.1. The highest BCUT2D eigenvalue weighted by Gasteiger charge is 2.15. The fourth-order valence-electron chi connectivity index (χ4n) is 2.48. The molecule has 5 heteroatoms. The van der Waals surface area contributed by atoms with E-state index in [9.17, 15) is 4.79 Å². The van der Waals surface area contributed by atoms with Crippen molar-refractivity contribution in [2.45, 2.75) is 13.1 Å². The zero-order valence-corrected chi connectivity index (χ0v) is 12.2. The maximum absolute atomic E-state index is 12.4. The van der Waals surface area contributed by atoms with Crippen LogP contribution in [0.3, 0.4) is 0 Å². The van der Waals surface area contributed by atoms with Crippen molar-refractivity contribution in [1.82, 2.24) is 10.3 Å². The molecule has 2 heterocycles. The number of fused-ring (bicyclic) bond motifs is 1. The molecule has 21 heavy (non-hydrogen) atoms. The Labute approximate surface area is 124 Å². The van der Waals surface area contributed by atoms with Gasteiger partial charge in [0.05, 0.1) is 5.69 Å². The number of amides is 1. The lowest BCUT2D eigenvalue weighted by molar-refractivity contribution is 0.102. The molecule has 0 bridgehead atoms. The van der Waals surface area contributed by atoms with Crippen molar-refractivity contribution in [2.24, 2.45) is 0 Å². The molecule has 1 aliphatic rings. The van der Waals surface area contributed by atoms with Crippen LogP contribution in [0.25, 0.3) is 0 Å². The number of anilines is 2. The summed E-state index contributed by atoms with van der Waals surface area (Å²) in [5, 5.41) is 6.22. The summed E-state index contributed by atoms with van der Waals surface area (Å²) in [6, 6.07) is 9.51. The van der Waals surface area contributed by atoms with Crippen LogP contribution in [0.15, 0.2) is 36.5 Å². The summed E-state index contributed by atoms with van der Waals surface area (Å²) < 4.78 is 0. The maximum atomic E-state index is 12.4. The first kappa shape index (κ1) is 13.6. The molecule has 0 spiro atoms. The van der Waals surface area contributed by atoms with Gasteiger partial charge in [0.15, 0.2) is 5.82 Å². The van der Waals surface area contributed by atoms with Gasteiger partial charge in [-0.15, -0.1) is 0 Å². The van der Waals surface area contributed by atoms with Gasteiger partial charge < -0.3 is 15.5 Å². The predicted molar refractivity (Wildman–Crippen MR) is 83.5 cm³/mol. The Morgan fingerprint density at radius 1 is 1.24 bits per heavy atom. The predicted octanol–water partition coefficient (Wildman–Crippen LogP) is 2.00. The molecule has 2 aromatic rings. The summed E-state index contributed by atoms with van der Waals surface area (Å²) in [5.74, 6) is 0.634. The Bertz CT molecular complexity index is 682. The van der Waals surface area contributed by atoms with Crippen LogP contribution < -0.4 is 15.5 Å². The number of pyridine rings is 1. The van der Waals surface area contributed by atoms with E-state index in [-0.39, 0.29) is 5.91 Å². The molecule has 3 rings (SSSR count). The number of carbonyl (C=O) groups is 1. The summed E-state index contributed by atoms with van der Waals surface area (Å²) in [5.41, 5.74) is 3.85. The Hall–Kier alpha value is -2.40. The van der Waals surface area contributed by atoms with Gasteiger partial charge in [-0.3, -0.25) is 4.79 Å². The first-order valence-electron chi connectivity index (χ1n) is 6.91. The lowest BCUT2D eigenvalue weighted by Gasteiger charge is -2.16. The van der Waals surface area contributed by atoms with Crippen LogP contribution in [0.2, 0.25) is 0 Å². The third-order valence-electron chi connectivity index (χ3n) is 3.56. The first-order valence-corrected chi connectivity index (χ1v) is 6.91. The second-order valence-corrected chi connectivity index (χ2v) is 5.31. The van der Waals surface area contributed by atoms with E-state index in [1.165, 1.54) is 11.1 Å². The largest absolute Gasteiger partial charge is 0.361 e. The molecule has 0 atom stereocenters. The van der Waals surface area contributed by atoms with Gasteiger partial charge in [0.25, 0.3) is 5.91 Å². The van der Waals surface area contributed by atoms with Crippen molar-refractivity contribution in [3.8, 4) is 0 Å². The van der Waals surface area contributed by atoms with Gasteiger partial charge in [-0.05, 0) is 35.4 Å². The van der Waals surface area contributed by atoms with E-state index in [2.05, 4.69) is 15.6 Å². The van der Waals surface area contributed by atoms with Crippen LogP contribution in [0.1, 0.15) is 21.5 Å². The van der Waals surface area contributed by atoms with Gasteiger partial charge in [0, 0.05) is 38.9 Å². The number of benzene rings is 1. The van der Waals surface area contributed by atoms with Crippen molar-refractivity contribution in [2.75, 3.05) is 24.3 Å². The summed E-state index contributed by atoms with van der Waals surface area (Å²) >= 11 is 0. The Morgan fingerprint density at radius 3 is 2.86 bits per heavy atom. The van der Waals surface area contributed by atoms with E-state index in [4.69, 9.17) is 0 Å². The van der Waals surface area contributed by atoms with E-state index in [1.807, 2.05) is 49.3 Å². The van der Waals surface area contributed by atoms with Crippen molar-refractivity contribution >= 4 is 17.4 Å². The fourth-order valence-corrected chi connectivity index (χ4v) is 2.48. The maximum Gasteiger partial charge on any atom is 0.255 e. The molecule has 5 nitrogen and oxygen atoms in total. The molecule has 0 aliphatic carbocycles. The third-order valence-corrected chi connectivity index (χ3v) is 3.56. The second-order valence-electron chi connectivity index (χ2n) is 5.31. The third kappa shape index (κ3) is 2.73. The monoisotopic (exact) mass is 282 g/mol. The summed E-state index contributed by atoms with van der Waals surface area (Å²) in [4.78, 5) is 18.6. The van der Waals surface area contributed by atoms with Gasteiger partial charge in [0.1, 0.15) is 0 Å². The molecule has 1 amide bonds. The molecule has 1 aromatic heterocycles. The Balaban J connectivity index is 1.84. The molecular weight excluding hydrogens is 264 g/mol. The first-order chi connectivity index (χ1) is 10.1. The zero-order chi connectivity index (χ0) is 14.8. The molecular formula is C16H18N4O. The average molecular weight is 282 g/mol. The molecule has 2 N–H and O–H groups in total. The SMILES string of the molecule is CN(C)c1ncccc1NC(=O)c1ccc2c(c1)CNC2. The fraction of sp³-hybridized carbons (Fsp3) is 0.250. The summed E-state index contributed by atoms with van der Waals surface area (Å²) in [7, 11) is 3.80. The second kappa shape index (κ2) is 5.54. The zero-order valence-electron chi connectivity index (χ0n) is 12.2. The highest BCUT2D eigenvalue weighted by molar-refractivity contribution is 6.05. The summed E-state index contributed by atoms with van der Waals surface area (Å²) in [6.45, 7) is 1.71. The van der Waals surface area contributed by atoms with Crippen LogP contribution in [-0.4, -0.2) is 25.0 Å². The number of aromatic nitrogens is 1. The number of nitrogens with zero attached hydrogens (tertiary/aromatic N) is 2. The van der Waals surface area contributed by atoms with Crippen LogP contribution in [0.5, 0.6) is 0 Å². The number of carbonyl (C=O) groups excluding carboxylic acids is 1. The highest BCUT2D eigenvalue weighted by Crippen LogP contribution is 2.22. The molecule has 0 fully saturated rings. The number of hydrogen-bond donors (Lipinski definition) is 2. The quantitative estimate of drug-likeness (QED) is 0.904. The van der Waals surface area contributed by atoms with Crippen LogP contribution in [0.4, 0.5) is 11.5 Å². The number of nitrogens with one attached hydrogen (secondary N) is 2. The minimum Gasteiger partial charge on any atom is -0.361 e. The molecule has 1 aliphatic heterocycles. The van der Waals surface area contributed by atoms with Crippen LogP contribution >= 0.6 is 0 Å². The van der Waals surface area contributed by atoms with E-state index in [1.54, 1.807) is 6.20 Å². The molecule has 1 aromatic carbocycles. The minimum atomic E-state index is -0.110. The van der Waals surface area contributed by atoms with E-state index < -0.39 is 0 Å². The standard InChI is InChI=1S/C16H18N4O/c1-20(2)15-14(4-3-7-18-15)19-16(21)11-5-6-12-9-17-10-13(12)8-11/h3-8,17H,9-10H2,1-2H3,(H,19,21). The number of hydrogen-bond acceptors (Lipinski definition) is 4. The van der Waals surface area contributed by atoms with Gasteiger partial charge in [-0.2, -0.15) is 0 Å². The number of rotatable bonds is 3. The smallest absolute Gasteiger partial charge is 0.255 e. The molecule has 0 saturated heterocycles. The van der Waals surface area contributed by atoms with E-state index >= 15 is 0 Å². The van der Waals surface area contributed by atoms with Crippen molar-refractivity contribution < 1.29 is 4.79 Å². The normalized spacial score (nSPS) is 12.9. The van der Waals surface area contributed by atoms with Gasteiger partial charge in [-0.25, -0.2) is 4.98 Å². The van der Waals surface area contributed by atoms with Crippen molar-refractivity contribution in [3.05, 3.63) is 53.2 Å². The molecule has 0 radical (unpaired) electrons. The van der Waals surface area contributed by atoms with Gasteiger partial charge >= 0.3 is 0 Å². The molecule has 0 saturated carbocycles. The van der Waals surface area contributed by atoms with E-state index in [0.29, 0.717) is 11.3 Å². The lowest BCUT2D eigenvalue weighted by Crippen LogP contribution is -2.17. The highest BCUT2D eigenvalue weighted by atomic mass is 16.1. The molecule has 0 unspecified atom stereocenters. The van der Waals surface area contributed by atoms with Gasteiger partial charge in [0.2, 0.25) is 0 Å². The average Bonchev–Trinajstić information content (AvgIpc) is 2.94. The van der Waals surface area contributed by atoms with Crippen molar-refractivity contribution in [1.29, 1.82) is 0 Å². The van der Waals surface area contributed by atoms with Crippen molar-refractivity contribution in [3.63, 3.8) is 0 Å². The topological polar surface area (TPSA) is 57.3 Å². The minimum absolute atomic E-state index is 0.110. The Kier molecular flexibility index (Phi) is 3.58. The van der Waals surface area contributed by atoms with E-state index in [0.717, 1.165) is 18.9 Å². The summed E-state index contributed by atoms with van der Waals surface area (Å²) in [6.07, 6.45) is 1.71. The Morgan fingerprint density at radius 2 is 2.05 bits per heavy atom. The van der Waals surface area contributed by atoms with Crippen LogP contribution in [-0.2, 0) is 13.1 Å².